The smallest absolute Gasteiger partial charge is 0.314 e. The van der Waals surface area contributed by atoms with Crippen LogP contribution in [-0.2, 0) is 10.2 Å². The second kappa shape index (κ2) is 4.47. The van der Waals surface area contributed by atoms with E-state index in [1.807, 2.05) is 0 Å². The number of halogens is 2. The molecule has 1 aromatic carbocycles. The highest BCUT2D eigenvalue weighted by Crippen LogP contribution is 2.47. The number of anilines is 1. The number of hydrogen-bond acceptors (Lipinski definition) is 2. The van der Waals surface area contributed by atoms with Gasteiger partial charge in [-0.15, -0.1) is 0 Å². The van der Waals surface area contributed by atoms with Crippen LogP contribution in [-0.4, -0.2) is 17.0 Å². The Morgan fingerprint density at radius 3 is 2.37 bits per heavy atom. The number of rotatable bonds is 2. The maximum atomic E-state index is 13.3. The normalized spacial score (nSPS) is 21.0. The summed E-state index contributed by atoms with van der Waals surface area (Å²) in [5, 5.41) is 9.53. The molecule has 0 unspecified atom stereocenters. The van der Waals surface area contributed by atoms with Crippen LogP contribution in [0.1, 0.15) is 36.8 Å². The summed E-state index contributed by atoms with van der Waals surface area (Å²) in [5.74, 6) is -3.84. The van der Waals surface area contributed by atoms with Gasteiger partial charge in [-0.1, -0.05) is 18.2 Å². The van der Waals surface area contributed by atoms with E-state index in [1.54, 1.807) is 25.1 Å². The molecule has 0 bridgehead atoms. The standard InChI is InChI=1S/C14H17F2NO2/c1-9-3-2-4-10(11(9)17)13(12(18)19)5-7-14(15,16)8-6-13/h2-4H,5-8,17H2,1H3,(H,18,19). The first-order valence-electron chi connectivity index (χ1n) is 6.25. The van der Waals surface area contributed by atoms with Crippen molar-refractivity contribution in [2.75, 3.05) is 5.73 Å². The van der Waals surface area contributed by atoms with Gasteiger partial charge in [0.15, 0.2) is 0 Å². The highest BCUT2D eigenvalue weighted by atomic mass is 19.3. The fraction of sp³-hybridized carbons (Fsp3) is 0.500. The zero-order valence-electron chi connectivity index (χ0n) is 10.7. The summed E-state index contributed by atoms with van der Waals surface area (Å²) < 4.78 is 26.6. The van der Waals surface area contributed by atoms with Crippen LogP contribution in [0.25, 0.3) is 0 Å². The lowest BCUT2D eigenvalue weighted by Crippen LogP contribution is -2.43. The number of aryl methyl sites for hydroxylation is 1. The Morgan fingerprint density at radius 2 is 1.84 bits per heavy atom. The predicted octanol–water partition coefficient (Wildman–Crippen LogP) is 3.11. The summed E-state index contributed by atoms with van der Waals surface area (Å²) in [6.45, 7) is 1.78. The van der Waals surface area contributed by atoms with E-state index in [4.69, 9.17) is 5.73 Å². The number of carboxylic acid groups (broad SMARTS) is 1. The Hall–Kier alpha value is -1.65. The van der Waals surface area contributed by atoms with Gasteiger partial charge in [-0.05, 0) is 30.9 Å². The molecule has 19 heavy (non-hydrogen) atoms. The molecule has 2 rings (SSSR count). The van der Waals surface area contributed by atoms with Gasteiger partial charge in [-0.2, -0.15) is 0 Å². The van der Waals surface area contributed by atoms with Crippen molar-refractivity contribution in [3.63, 3.8) is 0 Å². The van der Waals surface area contributed by atoms with Gasteiger partial charge in [0.2, 0.25) is 5.92 Å². The van der Waals surface area contributed by atoms with Gasteiger partial charge in [0, 0.05) is 18.5 Å². The lowest BCUT2D eigenvalue weighted by molar-refractivity contribution is -0.149. The number of carbonyl (C=O) groups is 1. The Bertz CT molecular complexity index is 504. The van der Waals surface area contributed by atoms with Gasteiger partial charge in [0.05, 0.1) is 5.41 Å². The maximum Gasteiger partial charge on any atom is 0.314 e. The van der Waals surface area contributed by atoms with Crippen LogP contribution in [0.3, 0.4) is 0 Å². The van der Waals surface area contributed by atoms with Crippen molar-refractivity contribution >= 4 is 11.7 Å². The van der Waals surface area contributed by atoms with Crippen LogP contribution in [0.15, 0.2) is 18.2 Å². The fourth-order valence-electron chi connectivity index (χ4n) is 2.74. The molecule has 0 radical (unpaired) electrons. The first-order valence-corrected chi connectivity index (χ1v) is 6.25. The zero-order chi connectivity index (χ0) is 14.3. The summed E-state index contributed by atoms with van der Waals surface area (Å²) in [5.41, 5.74) is 6.31. The molecule has 1 aliphatic rings. The third kappa shape index (κ3) is 2.29. The number of para-hydroxylation sites is 1. The van der Waals surface area contributed by atoms with Crippen LogP contribution < -0.4 is 5.73 Å². The lowest BCUT2D eigenvalue weighted by atomic mass is 9.67. The third-order valence-corrected chi connectivity index (χ3v) is 4.08. The minimum absolute atomic E-state index is 0.0804. The molecule has 0 atom stereocenters. The molecular weight excluding hydrogens is 252 g/mol. The van der Waals surface area contributed by atoms with E-state index < -0.39 is 30.1 Å². The van der Waals surface area contributed by atoms with E-state index in [0.29, 0.717) is 11.3 Å². The number of nitrogens with two attached hydrogens (primary N) is 1. The minimum Gasteiger partial charge on any atom is -0.481 e. The average Bonchev–Trinajstić information content (AvgIpc) is 2.33. The molecule has 0 aliphatic heterocycles. The van der Waals surface area contributed by atoms with E-state index >= 15 is 0 Å². The maximum absolute atomic E-state index is 13.3. The van der Waals surface area contributed by atoms with Crippen LogP contribution >= 0.6 is 0 Å². The first kappa shape index (κ1) is 13.8. The molecule has 0 heterocycles. The SMILES string of the molecule is Cc1cccc(C2(C(=O)O)CCC(F)(F)CC2)c1N. The molecule has 0 aromatic heterocycles. The van der Waals surface area contributed by atoms with Gasteiger partial charge in [0.1, 0.15) is 0 Å². The Labute approximate surface area is 110 Å². The molecule has 1 fully saturated rings. The summed E-state index contributed by atoms with van der Waals surface area (Å²) >= 11 is 0. The van der Waals surface area contributed by atoms with Crippen LogP contribution in [0.2, 0.25) is 0 Å². The largest absolute Gasteiger partial charge is 0.481 e. The average molecular weight is 269 g/mol. The quantitative estimate of drug-likeness (QED) is 0.811. The van der Waals surface area contributed by atoms with E-state index in [2.05, 4.69) is 0 Å². The second-order valence-electron chi connectivity index (χ2n) is 5.28. The molecule has 1 saturated carbocycles. The van der Waals surface area contributed by atoms with Crippen molar-refractivity contribution in [2.24, 2.45) is 0 Å². The highest BCUT2D eigenvalue weighted by molar-refractivity contribution is 5.84. The summed E-state index contributed by atoms with van der Waals surface area (Å²) in [6, 6.07) is 5.14. The number of benzene rings is 1. The Kier molecular flexibility index (Phi) is 3.24. The Balaban J connectivity index is 2.47. The summed E-state index contributed by atoms with van der Waals surface area (Å²) in [4.78, 5) is 11.7. The second-order valence-corrected chi connectivity index (χ2v) is 5.28. The molecule has 3 N–H and O–H groups in total. The van der Waals surface area contributed by atoms with E-state index in [1.165, 1.54) is 0 Å². The van der Waals surface area contributed by atoms with Crippen molar-refractivity contribution in [3.8, 4) is 0 Å². The van der Waals surface area contributed by atoms with E-state index in [-0.39, 0.29) is 12.8 Å². The molecule has 5 heteroatoms. The predicted molar refractivity (Wildman–Crippen MR) is 68.3 cm³/mol. The number of nitrogen functional groups attached to an aromatic ring is 1. The van der Waals surface area contributed by atoms with Gasteiger partial charge in [-0.3, -0.25) is 4.79 Å². The van der Waals surface area contributed by atoms with Crippen molar-refractivity contribution in [3.05, 3.63) is 29.3 Å². The molecule has 1 aliphatic carbocycles. The van der Waals surface area contributed by atoms with Crippen molar-refractivity contribution in [1.29, 1.82) is 0 Å². The first-order chi connectivity index (χ1) is 8.78. The highest BCUT2D eigenvalue weighted by Gasteiger charge is 2.49. The van der Waals surface area contributed by atoms with Gasteiger partial charge in [0.25, 0.3) is 0 Å². The monoisotopic (exact) mass is 269 g/mol. The fourth-order valence-corrected chi connectivity index (χ4v) is 2.74. The van der Waals surface area contributed by atoms with Crippen LogP contribution in [0.4, 0.5) is 14.5 Å². The molecule has 1 aromatic rings. The number of carboxylic acids is 1. The number of hydrogen-bond donors (Lipinski definition) is 2. The lowest BCUT2D eigenvalue weighted by Gasteiger charge is -2.37. The molecule has 0 saturated heterocycles. The molecule has 104 valence electrons. The number of aliphatic carboxylic acids is 1. The van der Waals surface area contributed by atoms with E-state index in [0.717, 1.165) is 5.56 Å². The minimum atomic E-state index is -2.77. The van der Waals surface area contributed by atoms with Crippen LogP contribution in [0.5, 0.6) is 0 Å². The molecular formula is C14H17F2NO2. The van der Waals surface area contributed by atoms with E-state index in [9.17, 15) is 18.7 Å². The molecule has 3 nitrogen and oxygen atoms in total. The van der Waals surface area contributed by atoms with Crippen LogP contribution in [0, 0.1) is 6.92 Å². The van der Waals surface area contributed by atoms with Crippen molar-refractivity contribution < 1.29 is 18.7 Å². The van der Waals surface area contributed by atoms with Crippen molar-refractivity contribution in [1.82, 2.24) is 0 Å². The molecule has 0 amide bonds. The third-order valence-electron chi connectivity index (χ3n) is 4.08. The van der Waals surface area contributed by atoms with Gasteiger partial charge < -0.3 is 10.8 Å². The van der Waals surface area contributed by atoms with Gasteiger partial charge >= 0.3 is 5.97 Å². The topological polar surface area (TPSA) is 63.3 Å². The molecule has 0 spiro atoms. The summed E-state index contributed by atoms with van der Waals surface area (Å²) in [7, 11) is 0. The zero-order valence-corrected chi connectivity index (χ0v) is 10.7. The van der Waals surface area contributed by atoms with Gasteiger partial charge in [-0.25, -0.2) is 8.78 Å². The van der Waals surface area contributed by atoms with Crippen molar-refractivity contribution in [2.45, 2.75) is 43.9 Å². The Morgan fingerprint density at radius 1 is 1.26 bits per heavy atom. The summed E-state index contributed by atoms with van der Waals surface area (Å²) in [6.07, 6.45) is -0.981. The number of alkyl halides is 2.